The van der Waals surface area contributed by atoms with E-state index >= 15 is 0 Å². The van der Waals surface area contributed by atoms with Crippen molar-refractivity contribution in [2.24, 2.45) is 0 Å². The molecule has 0 heterocycles. The maximum Gasteiger partial charge on any atom is 0.327 e. The van der Waals surface area contributed by atoms with Crippen LogP contribution in [0.15, 0.2) is 0 Å². The minimum Gasteiger partial charge on any atom is -0.335 e. The molecule has 4 nitrogen and oxygen atoms in total. The van der Waals surface area contributed by atoms with Crippen molar-refractivity contribution in [3.8, 4) is 6.07 Å². The van der Waals surface area contributed by atoms with Crippen LogP contribution in [0.3, 0.4) is 0 Å². The Morgan fingerprint density at radius 2 is 1.92 bits per heavy atom. The van der Waals surface area contributed by atoms with Crippen LogP contribution in [0.5, 0.6) is 0 Å². The van der Waals surface area contributed by atoms with Crippen molar-refractivity contribution < 1.29 is 9.47 Å². The first-order valence-corrected chi connectivity index (χ1v) is 3.67. The Balaban J connectivity index is 3.69. The molecule has 0 N–H and O–H groups in total. The van der Waals surface area contributed by atoms with E-state index in [1.165, 1.54) is 0 Å². The summed E-state index contributed by atoms with van der Waals surface area (Å²) in [6.07, 6.45) is -1.53. The van der Waals surface area contributed by atoms with Crippen molar-refractivity contribution in [2.75, 3.05) is 0 Å². The minimum atomic E-state index is -0.522. The summed E-state index contributed by atoms with van der Waals surface area (Å²) in [7, 11) is 0. The van der Waals surface area contributed by atoms with Gasteiger partial charge in [0.2, 0.25) is 0 Å². The van der Waals surface area contributed by atoms with Crippen LogP contribution in [0.2, 0.25) is 0 Å². The Kier molecular flexibility index (Phi) is 5.03. The first kappa shape index (κ1) is 10.9. The van der Waals surface area contributed by atoms with Crippen LogP contribution in [0, 0.1) is 17.9 Å². The highest BCUT2D eigenvalue weighted by Crippen LogP contribution is 2.03. The van der Waals surface area contributed by atoms with E-state index in [4.69, 9.17) is 21.3 Å². The second-order valence-corrected chi connectivity index (χ2v) is 2.34. The Labute approximate surface area is 72.5 Å². The number of ether oxygens (including phenoxy) is 2. The molecule has 0 aromatic rings. The van der Waals surface area contributed by atoms with Gasteiger partial charge in [-0.15, -0.1) is 0 Å². The van der Waals surface area contributed by atoms with Crippen molar-refractivity contribution >= 4 is 0 Å². The van der Waals surface area contributed by atoms with Gasteiger partial charge in [0.05, 0.1) is 6.07 Å². The Morgan fingerprint density at radius 3 is 2.33 bits per heavy atom. The van der Waals surface area contributed by atoms with E-state index < -0.39 is 18.6 Å². The molecule has 0 aliphatic heterocycles. The zero-order valence-corrected chi connectivity index (χ0v) is 7.44. The fourth-order valence-electron chi connectivity index (χ4n) is 0.658. The lowest BCUT2D eigenvalue weighted by Crippen LogP contribution is -2.21. The third-order valence-electron chi connectivity index (χ3n) is 1.15. The third-order valence-corrected chi connectivity index (χ3v) is 1.15. The zero-order valence-electron chi connectivity index (χ0n) is 7.44. The minimum absolute atomic E-state index is 0.502. The average molecular weight is 168 g/mol. The fourth-order valence-corrected chi connectivity index (χ4v) is 0.658. The van der Waals surface area contributed by atoms with Crippen LogP contribution >= 0.6 is 0 Å². The molecule has 66 valence electrons. The zero-order chi connectivity index (χ0) is 9.56. The van der Waals surface area contributed by atoms with Crippen LogP contribution in [0.25, 0.3) is 4.85 Å². The van der Waals surface area contributed by atoms with E-state index in [0.717, 1.165) is 0 Å². The SMILES string of the molecule is [C-]#[N+]C(C)OC(C)OC(C)C#N. The molecule has 3 atom stereocenters. The number of nitriles is 1. The van der Waals surface area contributed by atoms with E-state index in [1.54, 1.807) is 20.8 Å². The van der Waals surface area contributed by atoms with Crippen molar-refractivity contribution in [1.82, 2.24) is 0 Å². The lowest BCUT2D eigenvalue weighted by molar-refractivity contribution is -0.157. The van der Waals surface area contributed by atoms with E-state index in [2.05, 4.69) is 4.85 Å². The average Bonchev–Trinajstić information content (AvgIpc) is 2.03. The Hall–Kier alpha value is -1.10. The molecule has 0 rings (SSSR count). The van der Waals surface area contributed by atoms with Gasteiger partial charge in [0.25, 0.3) is 0 Å². The third kappa shape index (κ3) is 4.68. The van der Waals surface area contributed by atoms with E-state index in [0.29, 0.717) is 0 Å². The first-order chi connectivity index (χ1) is 5.60. The van der Waals surface area contributed by atoms with Gasteiger partial charge in [-0.05, 0) is 13.8 Å². The lowest BCUT2D eigenvalue weighted by Gasteiger charge is -2.14. The monoisotopic (exact) mass is 168 g/mol. The van der Waals surface area contributed by atoms with Gasteiger partial charge in [-0.2, -0.15) is 5.26 Å². The van der Waals surface area contributed by atoms with Gasteiger partial charge in [0.1, 0.15) is 6.10 Å². The quantitative estimate of drug-likeness (QED) is 0.472. The van der Waals surface area contributed by atoms with Crippen LogP contribution in [-0.2, 0) is 9.47 Å². The molecular weight excluding hydrogens is 156 g/mol. The molecule has 0 aliphatic carbocycles. The standard InChI is InChI=1S/C8H12N2O2/c1-6(5-9)11-8(3)12-7(2)10-4/h6-8H,1-3H3. The molecule has 0 aromatic heterocycles. The summed E-state index contributed by atoms with van der Waals surface area (Å²) >= 11 is 0. The highest BCUT2D eigenvalue weighted by atomic mass is 16.7. The molecule has 0 aliphatic rings. The number of hydrogen-bond acceptors (Lipinski definition) is 3. The molecular formula is C8H12N2O2. The molecule has 0 radical (unpaired) electrons. The summed E-state index contributed by atoms with van der Waals surface area (Å²) in [5.41, 5.74) is 0. The maximum absolute atomic E-state index is 8.38. The van der Waals surface area contributed by atoms with Gasteiger partial charge in [-0.3, -0.25) is 9.58 Å². The summed E-state index contributed by atoms with van der Waals surface area (Å²) in [5, 5.41) is 8.38. The molecule has 0 aromatic carbocycles. The van der Waals surface area contributed by atoms with Crippen molar-refractivity contribution in [3.05, 3.63) is 11.4 Å². The smallest absolute Gasteiger partial charge is 0.327 e. The Bertz CT molecular complexity index is 182. The summed E-state index contributed by atoms with van der Waals surface area (Å²) < 4.78 is 10.1. The largest absolute Gasteiger partial charge is 0.335 e. The number of rotatable bonds is 4. The van der Waals surface area contributed by atoms with Crippen LogP contribution in [-0.4, -0.2) is 18.6 Å². The fraction of sp³-hybridized carbons (Fsp3) is 0.750. The molecule has 0 spiro atoms. The predicted molar refractivity (Wildman–Crippen MR) is 42.8 cm³/mol. The highest BCUT2D eigenvalue weighted by molar-refractivity contribution is 4.79. The van der Waals surface area contributed by atoms with Crippen LogP contribution in [0.4, 0.5) is 0 Å². The molecule has 0 saturated heterocycles. The second-order valence-electron chi connectivity index (χ2n) is 2.34. The maximum atomic E-state index is 8.38. The summed E-state index contributed by atoms with van der Waals surface area (Å²) in [6.45, 7) is 11.5. The number of hydrogen-bond donors (Lipinski definition) is 0. The summed E-state index contributed by atoms with van der Waals surface area (Å²) in [4.78, 5) is 3.13. The first-order valence-electron chi connectivity index (χ1n) is 3.67. The van der Waals surface area contributed by atoms with Crippen LogP contribution in [0.1, 0.15) is 20.8 Å². The molecule has 0 saturated carbocycles. The van der Waals surface area contributed by atoms with Crippen molar-refractivity contribution in [2.45, 2.75) is 39.4 Å². The van der Waals surface area contributed by atoms with Crippen molar-refractivity contribution in [1.29, 1.82) is 5.26 Å². The van der Waals surface area contributed by atoms with Crippen LogP contribution < -0.4 is 0 Å². The summed E-state index contributed by atoms with van der Waals surface area (Å²) in [6, 6.07) is 1.91. The molecule has 0 bridgehead atoms. The highest BCUT2D eigenvalue weighted by Gasteiger charge is 2.13. The molecule has 0 fully saturated rings. The van der Waals surface area contributed by atoms with Gasteiger partial charge in [0, 0.05) is 6.92 Å². The predicted octanol–water partition coefficient (Wildman–Crippen LogP) is 1.54. The molecule has 3 unspecified atom stereocenters. The van der Waals surface area contributed by atoms with Gasteiger partial charge in [-0.1, -0.05) is 0 Å². The van der Waals surface area contributed by atoms with E-state index in [1.807, 2.05) is 6.07 Å². The number of nitrogens with zero attached hydrogens (tertiary/aromatic N) is 2. The van der Waals surface area contributed by atoms with Gasteiger partial charge in [-0.25, -0.2) is 6.57 Å². The van der Waals surface area contributed by atoms with Crippen molar-refractivity contribution in [3.63, 3.8) is 0 Å². The normalized spacial score (nSPS) is 17.1. The molecule has 12 heavy (non-hydrogen) atoms. The van der Waals surface area contributed by atoms with E-state index in [-0.39, 0.29) is 0 Å². The molecule has 4 heteroatoms. The van der Waals surface area contributed by atoms with Gasteiger partial charge >= 0.3 is 6.23 Å². The molecule has 0 amide bonds. The van der Waals surface area contributed by atoms with Gasteiger partial charge < -0.3 is 4.74 Å². The second kappa shape index (κ2) is 5.54. The summed E-state index contributed by atoms with van der Waals surface area (Å²) in [5.74, 6) is 0. The Morgan fingerprint density at radius 1 is 1.33 bits per heavy atom. The van der Waals surface area contributed by atoms with Gasteiger partial charge in [0.15, 0.2) is 6.29 Å². The van der Waals surface area contributed by atoms with E-state index in [9.17, 15) is 0 Å². The lowest BCUT2D eigenvalue weighted by atomic mass is 10.4. The topological polar surface area (TPSA) is 46.6 Å².